The van der Waals surface area contributed by atoms with Gasteiger partial charge in [-0.1, -0.05) is 0 Å². The molecular weight excluding hydrogens is 240 g/mol. The number of nitrogens with one attached hydrogen (secondary N) is 2. The van der Waals surface area contributed by atoms with Crippen molar-refractivity contribution in [1.82, 2.24) is 0 Å². The summed E-state index contributed by atoms with van der Waals surface area (Å²) < 4.78 is 22.2. The molecule has 94 valence electrons. The van der Waals surface area contributed by atoms with Gasteiger partial charge in [0.1, 0.15) is 37.3 Å². The van der Waals surface area contributed by atoms with Crippen LogP contribution in [-0.2, 0) is 10.0 Å². The third-order valence-electron chi connectivity index (χ3n) is 3.05. The first-order valence-electron chi connectivity index (χ1n) is 5.57. The summed E-state index contributed by atoms with van der Waals surface area (Å²) in [5.41, 5.74) is 0. The number of pyridine rings is 1. The Bertz CT molecular complexity index is 478. The number of likely N-dealkylation sites (N-methyl/N-ethyl adjacent to an activating group) is 1. The van der Waals surface area contributed by atoms with Crippen LogP contribution in [0.25, 0.3) is 0 Å². The number of rotatable bonds is 2. The Hall–Kier alpha value is -1.18. The molecule has 0 aliphatic carbocycles. The zero-order valence-electron chi connectivity index (χ0n) is 9.81. The highest BCUT2D eigenvalue weighted by Gasteiger charge is 2.24. The van der Waals surface area contributed by atoms with E-state index in [1.165, 1.54) is 17.2 Å². The Kier molecular flexibility index (Phi) is 3.32. The molecule has 0 bridgehead atoms. The number of nitrogens with zero attached hydrogens (tertiary/aromatic N) is 1. The van der Waals surface area contributed by atoms with Gasteiger partial charge in [0.2, 0.25) is 10.0 Å². The van der Waals surface area contributed by atoms with Gasteiger partial charge in [-0.25, -0.2) is 18.5 Å². The Morgan fingerprint density at radius 2 is 2.00 bits per heavy atom. The molecule has 0 radical (unpaired) electrons. The molecule has 1 aliphatic heterocycles. The van der Waals surface area contributed by atoms with Crippen LogP contribution in [0.2, 0.25) is 0 Å². The third kappa shape index (κ3) is 2.93. The lowest BCUT2D eigenvalue weighted by atomic mass is 10.3. The van der Waals surface area contributed by atoms with Crippen LogP contribution in [-0.4, -0.2) is 41.6 Å². The predicted octanol–water partition coefficient (Wildman–Crippen LogP) is -2.52. The van der Waals surface area contributed by atoms with Crippen molar-refractivity contribution in [3.05, 3.63) is 18.3 Å². The molecule has 1 aliphatic rings. The van der Waals surface area contributed by atoms with Crippen molar-refractivity contribution in [1.29, 1.82) is 0 Å². The van der Waals surface area contributed by atoms with E-state index in [0.29, 0.717) is 0 Å². The van der Waals surface area contributed by atoms with Crippen molar-refractivity contribution in [2.45, 2.75) is 4.90 Å². The highest BCUT2D eigenvalue weighted by atomic mass is 32.2. The lowest BCUT2D eigenvalue weighted by molar-refractivity contribution is -0.880. The molecule has 4 N–H and O–H groups in total. The van der Waals surface area contributed by atoms with Gasteiger partial charge >= 0.3 is 0 Å². The van der Waals surface area contributed by atoms with E-state index in [0.717, 1.165) is 32.0 Å². The van der Waals surface area contributed by atoms with Gasteiger partial charge in [0, 0.05) is 6.07 Å². The summed E-state index contributed by atoms with van der Waals surface area (Å²) in [6.07, 6.45) is 1.44. The van der Waals surface area contributed by atoms with Gasteiger partial charge in [0.05, 0.1) is 7.05 Å². The first kappa shape index (κ1) is 12.3. The van der Waals surface area contributed by atoms with Crippen LogP contribution >= 0.6 is 0 Å². The topological polar surface area (TPSA) is 82.0 Å². The fraction of sp³-hybridized carbons (Fsp3) is 0.500. The van der Waals surface area contributed by atoms with Crippen LogP contribution in [0.4, 0.5) is 5.82 Å². The second-order valence-corrected chi connectivity index (χ2v) is 5.96. The van der Waals surface area contributed by atoms with Crippen LogP contribution < -0.4 is 19.9 Å². The van der Waals surface area contributed by atoms with Crippen LogP contribution in [0.15, 0.2) is 23.2 Å². The molecule has 2 heterocycles. The van der Waals surface area contributed by atoms with Gasteiger partial charge < -0.3 is 4.90 Å². The van der Waals surface area contributed by atoms with E-state index in [2.05, 4.69) is 16.9 Å². The summed E-state index contributed by atoms with van der Waals surface area (Å²) in [6.45, 7) is 4.11. The van der Waals surface area contributed by atoms with E-state index in [-0.39, 0.29) is 4.90 Å². The van der Waals surface area contributed by atoms with Crippen LogP contribution in [0.1, 0.15) is 0 Å². The molecule has 1 aromatic rings. The highest BCUT2D eigenvalue weighted by molar-refractivity contribution is 7.89. The number of aromatic amines is 1. The molecule has 0 unspecified atom stereocenters. The van der Waals surface area contributed by atoms with E-state index in [1.807, 2.05) is 0 Å². The number of aromatic nitrogens is 1. The van der Waals surface area contributed by atoms with Crippen molar-refractivity contribution in [3.8, 4) is 0 Å². The van der Waals surface area contributed by atoms with Crippen molar-refractivity contribution >= 4 is 15.8 Å². The molecule has 0 aromatic carbocycles. The quantitative estimate of drug-likeness (QED) is 0.614. The van der Waals surface area contributed by atoms with Crippen molar-refractivity contribution in [3.63, 3.8) is 0 Å². The van der Waals surface area contributed by atoms with Crippen molar-refractivity contribution in [2.24, 2.45) is 5.14 Å². The van der Waals surface area contributed by atoms with E-state index < -0.39 is 10.0 Å². The van der Waals surface area contributed by atoms with Gasteiger partial charge in [-0.05, 0) is 6.07 Å². The Labute approximate surface area is 101 Å². The fourth-order valence-electron chi connectivity index (χ4n) is 1.91. The van der Waals surface area contributed by atoms with E-state index >= 15 is 0 Å². The molecule has 7 heteroatoms. The van der Waals surface area contributed by atoms with Gasteiger partial charge in [-0.3, -0.25) is 4.90 Å². The summed E-state index contributed by atoms with van der Waals surface area (Å²) in [6, 6.07) is 3.30. The Balaban J connectivity index is 2.13. The smallest absolute Gasteiger partial charge is 0.274 e. The van der Waals surface area contributed by atoms with Crippen molar-refractivity contribution < 1.29 is 18.3 Å². The molecule has 0 atom stereocenters. The van der Waals surface area contributed by atoms with Gasteiger partial charge in [0.15, 0.2) is 0 Å². The maximum atomic E-state index is 11.1. The Morgan fingerprint density at radius 3 is 2.47 bits per heavy atom. The number of piperazine rings is 1. The number of primary sulfonamides is 1. The normalized spacial score (nSPS) is 18.4. The SMILES string of the molecule is C[NH+]1CCN(c2ccc(S(N)(=O)=O)c[nH+]2)CC1. The summed E-state index contributed by atoms with van der Waals surface area (Å²) >= 11 is 0. The summed E-state index contributed by atoms with van der Waals surface area (Å²) in [4.78, 5) is 6.82. The molecule has 17 heavy (non-hydrogen) atoms. The maximum Gasteiger partial charge on any atom is 0.274 e. The molecule has 2 rings (SSSR count). The van der Waals surface area contributed by atoms with Crippen molar-refractivity contribution in [2.75, 3.05) is 38.1 Å². The number of anilines is 1. The van der Waals surface area contributed by atoms with Crippen LogP contribution in [0, 0.1) is 0 Å². The van der Waals surface area contributed by atoms with Gasteiger partial charge in [-0.2, -0.15) is 0 Å². The van der Waals surface area contributed by atoms with Crippen LogP contribution in [0.3, 0.4) is 0 Å². The monoisotopic (exact) mass is 258 g/mol. The third-order valence-corrected chi connectivity index (χ3v) is 3.96. The molecule has 1 aromatic heterocycles. The minimum absolute atomic E-state index is 0.112. The van der Waals surface area contributed by atoms with E-state index in [4.69, 9.17) is 5.14 Å². The Morgan fingerprint density at radius 1 is 1.35 bits per heavy atom. The molecule has 1 saturated heterocycles. The lowest BCUT2D eigenvalue weighted by Gasteiger charge is -2.25. The summed E-state index contributed by atoms with van der Waals surface area (Å²) in [5.74, 6) is 0.935. The first-order valence-corrected chi connectivity index (χ1v) is 7.12. The average molecular weight is 258 g/mol. The number of hydrogen-bond donors (Lipinski definition) is 2. The lowest BCUT2D eigenvalue weighted by Crippen LogP contribution is -3.12. The number of nitrogens with two attached hydrogens (primary N) is 1. The number of hydrogen-bond acceptors (Lipinski definition) is 3. The summed E-state index contributed by atoms with van der Waals surface area (Å²) in [7, 11) is -1.44. The molecule has 0 amide bonds. The van der Waals surface area contributed by atoms with E-state index in [9.17, 15) is 8.42 Å². The van der Waals surface area contributed by atoms with Gasteiger partial charge in [-0.15, -0.1) is 0 Å². The molecule has 1 fully saturated rings. The minimum atomic E-state index is -3.61. The van der Waals surface area contributed by atoms with Crippen LogP contribution in [0.5, 0.6) is 0 Å². The molecular formula is C10H18N4O2S+2. The maximum absolute atomic E-state index is 11.1. The number of sulfonamides is 1. The van der Waals surface area contributed by atoms with Gasteiger partial charge in [0.25, 0.3) is 5.82 Å². The molecule has 0 saturated carbocycles. The molecule has 6 nitrogen and oxygen atoms in total. The molecule has 0 spiro atoms. The standard InChI is InChI=1S/C10H16N4O2S/c1-13-4-6-14(7-5-13)10-3-2-9(8-12-10)17(11,15)16/h2-3,8H,4-7H2,1H3,(H2,11,15,16)/p+2. The number of quaternary nitrogens is 1. The summed E-state index contributed by atoms with van der Waals surface area (Å²) in [5, 5.41) is 5.04. The number of H-pyrrole nitrogens is 1. The largest absolute Gasteiger partial charge is 0.331 e. The fourth-order valence-corrected chi connectivity index (χ4v) is 2.39. The highest BCUT2D eigenvalue weighted by Crippen LogP contribution is 2.09. The predicted molar refractivity (Wildman–Crippen MR) is 63.2 cm³/mol. The van der Waals surface area contributed by atoms with E-state index in [1.54, 1.807) is 6.07 Å². The minimum Gasteiger partial charge on any atom is -0.331 e. The zero-order valence-corrected chi connectivity index (χ0v) is 10.6. The second-order valence-electron chi connectivity index (χ2n) is 4.40. The first-order chi connectivity index (χ1) is 7.97. The zero-order chi connectivity index (χ0) is 12.5. The average Bonchev–Trinajstić information content (AvgIpc) is 2.29. The second kappa shape index (κ2) is 4.59.